The Kier molecular flexibility index (Phi) is 4.34. The highest BCUT2D eigenvalue weighted by molar-refractivity contribution is 9.10. The molecule has 0 atom stereocenters. The maximum atomic E-state index is 12.3. The summed E-state index contributed by atoms with van der Waals surface area (Å²) in [5.74, 6) is 0.460. The van der Waals surface area contributed by atoms with Crippen molar-refractivity contribution in [2.24, 2.45) is 10.2 Å². The molecule has 1 aromatic carbocycles. The van der Waals surface area contributed by atoms with Gasteiger partial charge in [0, 0.05) is 11.6 Å². The van der Waals surface area contributed by atoms with Crippen molar-refractivity contribution in [3.05, 3.63) is 41.1 Å². The fourth-order valence-electron chi connectivity index (χ4n) is 1.85. The van der Waals surface area contributed by atoms with E-state index in [0.29, 0.717) is 22.8 Å². The minimum atomic E-state index is -4.76. The number of nitrogens with one attached hydrogen (secondary N) is 2. The highest BCUT2D eigenvalue weighted by Crippen LogP contribution is 2.36. The fraction of sp³-hybridized carbons (Fsp3) is 0.0769. The third kappa shape index (κ3) is 3.79. The Morgan fingerprint density at radius 3 is 2.58 bits per heavy atom. The van der Waals surface area contributed by atoms with E-state index in [9.17, 15) is 13.2 Å². The molecule has 0 spiro atoms. The quantitative estimate of drug-likeness (QED) is 0.611. The zero-order chi connectivity index (χ0) is 17.2. The largest absolute Gasteiger partial charge is 0.573 e. The van der Waals surface area contributed by atoms with Gasteiger partial charge in [-0.1, -0.05) is 6.07 Å². The minimum absolute atomic E-state index is 0.148. The van der Waals surface area contributed by atoms with Crippen LogP contribution in [0.1, 0.15) is 0 Å². The van der Waals surface area contributed by atoms with E-state index in [1.807, 2.05) is 0 Å². The molecule has 0 saturated heterocycles. The van der Waals surface area contributed by atoms with E-state index in [1.165, 1.54) is 30.6 Å². The van der Waals surface area contributed by atoms with Crippen molar-refractivity contribution >= 4 is 27.6 Å². The summed E-state index contributed by atoms with van der Waals surface area (Å²) in [5.41, 5.74) is 1.15. The maximum Gasteiger partial charge on any atom is 0.573 e. The summed E-state index contributed by atoms with van der Waals surface area (Å²) in [6, 6.07) is 5.77. The second-order valence-corrected chi connectivity index (χ2v) is 5.32. The number of ether oxygens (including phenoxy) is 1. The summed E-state index contributed by atoms with van der Waals surface area (Å²) in [7, 11) is 0. The number of azo groups is 1. The van der Waals surface area contributed by atoms with Crippen LogP contribution in [0, 0.1) is 0 Å². The standard InChI is InChI=1S/C13H8BrF3N6O/c14-9-5-7(1-2-10(9)24-13(15,16)17)8-6-19-22-12(8)23-21-11-3-4-18-20-11/h1-6H,(H,18,20)(H,19,22). The van der Waals surface area contributed by atoms with E-state index in [-0.39, 0.29) is 10.2 Å². The summed E-state index contributed by atoms with van der Waals surface area (Å²) >= 11 is 3.06. The first kappa shape index (κ1) is 16.2. The first-order valence-electron chi connectivity index (χ1n) is 6.42. The Morgan fingerprint density at radius 2 is 1.92 bits per heavy atom. The van der Waals surface area contributed by atoms with E-state index < -0.39 is 6.36 Å². The summed E-state index contributed by atoms with van der Waals surface area (Å²) in [6.07, 6.45) is -1.74. The van der Waals surface area contributed by atoms with Crippen LogP contribution >= 0.6 is 15.9 Å². The SMILES string of the molecule is FC(F)(F)Oc1ccc(-c2cn[nH]c2N=Nc2ccn[nH]2)cc1Br. The molecule has 0 fully saturated rings. The van der Waals surface area contributed by atoms with Gasteiger partial charge in [0.15, 0.2) is 11.6 Å². The molecule has 0 saturated carbocycles. The number of hydrogen-bond donors (Lipinski definition) is 2. The summed E-state index contributed by atoms with van der Waals surface area (Å²) in [6.45, 7) is 0. The normalized spacial score (nSPS) is 12.0. The number of nitrogens with zero attached hydrogens (tertiary/aromatic N) is 4. The maximum absolute atomic E-state index is 12.3. The van der Waals surface area contributed by atoms with Crippen molar-refractivity contribution in [1.82, 2.24) is 20.4 Å². The monoisotopic (exact) mass is 400 g/mol. The van der Waals surface area contributed by atoms with Crippen LogP contribution < -0.4 is 4.74 Å². The lowest BCUT2D eigenvalue weighted by molar-refractivity contribution is -0.274. The van der Waals surface area contributed by atoms with E-state index >= 15 is 0 Å². The van der Waals surface area contributed by atoms with Gasteiger partial charge in [-0.25, -0.2) is 0 Å². The third-order valence-electron chi connectivity index (χ3n) is 2.83. The lowest BCUT2D eigenvalue weighted by atomic mass is 10.1. The summed E-state index contributed by atoms with van der Waals surface area (Å²) < 4.78 is 41.0. The van der Waals surface area contributed by atoms with Crippen molar-refractivity contribution in [3.8, 4) is 16.9 Å². The van der Waals surface area contributed by atoms with Gasteiger partial charge in [0.25, 0.3) is 0 Å². The van der Waals surface area contributed by atoms with Crippen LogP contribution in [0.3, 0.4) is 0 Å². The van der Waals surface area contributed by atoms with Gasteiger partial charge >= 0.3 is 6.36 Å². The van der Waals surface area contributed by atoms with Gasteiger partial charge in [-0.05, 0) is 33.6 Å². The lowest BCUT2D eigenvalue weighted by Crippen LogP contribution is -2.17. The van der Waals surface area contributed by atoms with Crippen LogP contribution in [0.15, 0.2) is 51.4 Å². The zero-order valence-corrected chi connectivity index (χ0v) is 13.3. The molecular formula is C13H8BrF3N6O. The van der Waals surface area contributed by atoms with Crippen molar-refractivity contribution in [2.75, 3.05) is 0 Å². The number of benzene rings is 1. The molecule has 0 radical (unpaired) electrons. The van der Waals surface area contributed by atoms with Crippen LogP contribution in [0.2, 0.25) is 0 Å². The van der Waals surface area contributed by atoms with Gasteiger partial charge in [-0.15, -0.1) is 23.4 Å². The molecule has 2 N–H and O–H groups in total. The highest BCUT2D eigenvalue weighted by Gasteiger charge is 2.32. The second kappa shape index (κ2) is 6.43. The van der Waals surface area contributed by atoms with E-state index in [1.54, 1.807) is 6.07 Å². The molecule has 0 amide bonds. The van der Waals surface area contributed by atoms with Crippen molar-refractivity contribution < 1.29 is 17.9 Å². The van der Waals surface area contributed by atoms with Gasteiger partial charge in [0.1, 0.15) is 5.75 Å². The predicted molar refractivity (Wildman–Crippen MR) is 81.2 cm³/mol. The zero-order valence-electron chi connectivity index (χ0n) is 11.7. The Labute approximate surface area is 141 Å². The summed E-state index contributed by atoms with van der Waals surface area (Å²) in [5, 5.41) is 20.8. The molecule has 7 nitrogen and oxygen atoms in total. The molecule has 24 heavy (non-hydrogen) atoms. The van der Waals surface area contributed by atoms with Crippen LogP contribution in [0.25, 0.3) is 11.1 Å². The molecule has 3 rings (SSSR count). The van der Waals surface area contributed by atoms with E-state index in [0.717, 1.165) is 0 Å². The third-order valence-corrected chi connectivity index (χ3v) is 3.45. The molecule has 0 aliphatic rings. The topological polar surface area (TPSA) is 91.3 Å². The van der Waals surface area contributed by atoms with Gasteiger partial charge in [0.05, 0.1) is 16.9 Å². The number of aromatic amines is 2. The second-order valence-electron chi connectivity index (χ2n) is 4.47. The smallest absolute Gasteiger partial charge is 0.405 e. The number of aromatic nitrogens is 4. The first-order chi connectivity index (χ1) is 11.4. The number of alkyl halides is 3. The van der Waals surface area contributed by atoms with Crippen molar-refractivity contribution in [1.29, 1.82) is 0 Å². The van der Waals surface area contributed by atoms with E-state index in [4.69, 9.17) is 0 Å². The number of rotatable bonds is 4. The molecule has 0 aliphatic carbocycles. The molecule has 11 heteroatoms. The van der Waals surface area contributed by atoms with Crippen LogP contribution in [0.5, 0.6) is 5.75 Å². The van der Waals surface area contributed by atoms with Crippen molar-refractivity contribution in [3.63, 3.8) is 0 Å². The molecule has 3 aromatic rings. The Morgan fingerprint density at radius 1 is 1.08 bits per heavy atom. The lowest BCUT2D eigenvalue weighted by Gasteiger charge is -2.11. The summed E-state index contributed by atoms with van der Waals surface area (Å²) in [4.78, 5) is 0. The first-order valence-corrected chi connectivity index (χ1v) is 7.22. The van der Waals surface area contributed by atoms with Crippen LogP contribution in [-0.4, -0.2) is 26.8 Å². The molecule has 0 bridgehead atoms. The highest BCUT2D eigenvalue weighted by atomic mass is 79.9. The van der Waals surface area contributed by atoms with Crippen LogP contribution in [-0.2, 0) is 0 Å². The van der Waals surface area contributed by atoms with Gasteiger partial charge < -0.3 is 4.74 Å². The van der Waals surface area contributed by atoms with E-state index in [2.05, 4.69) is 51.3 Å². The number of halogens is 4. The number of hydrogen-bond acceptors (Lipinski definition) is 5. The Bertz CT molecular complexity index is 859. The molecule has 0 unspecified atom stereocenters. The molecule has 0 aliphatic heterocycles. The fourth-order valence-corrected chi connectivity index (χ4v) is 2.31. The molecule has 124 valence electrons. The minimum Gasteiger partial charge on any atom is -0.405 e. The molecule has 2 heterocycles. The van der Waals surface area contributed by atoms with Gasteiger partial charge in [0.2, 0.25) is 0 Å². The number of H-pyrrole nitrogens is 2. The predicted octanol–water partition coefficient (Wildman–Crippen LogP) is 4.88. The average molecular weight is 401 g/mol. The Hall–Kier alpha value is -2.69. The van der Waals surface area contributed by atoms with Gasteiger partial charge in [-0.2, -0.15) is 10.2 Å². The Balaban J connectivity index is 1.88. The average Bonchev–Trinajstić information content (AvgIpc) is 3.16. The van der Waals surface area contributed by atoms with Gasteiger partial charge in [-0.3, -0.25) is 10.2 Å². The van der Waals surface area contributed by atoms with Crippen LogP contribution in [0.4, 0.5) is 24.8 Å². The molecule has 2 aromatic heterocycles. The molecular weight excluding hydrogens is 393 g/mol. The van der Waals surface area contributed by atoms with Crippen molar-refractivity contribution in [2.45, 2.75) is 6.36 Å².